The molecule has 13 heteroatoms. The highest BCUT2D eigenvalue weighted by atomic mass is 32.2. The lowest BCUT2D eigenvalue weighted by atomic mass is 10.0. The third kappa shape index (κ3) is 4.57. The number of alkyl halides is 6. The van der Waals surface area contributed by atoms with Gasteiger partial charge in [0, 0.05) is 30.6 Å². The average molecular weight is 552 g/mol. The van der Waals surface area contributed by atoms with Crippen molar-refractivity contribution in [1.29, 1.82) is 0 Å². The number of carbonyl (C=O) groups is 1. The normalized spacial score (nSPS) is 22.8. The van der Waals surface area contributed by atoms with Gasteiger partial charge < -0.3 is 10.2 Å². The number of benzene rings is 2. The molecule has 1 amide bonds. The fraction of sp³-hybridized carbons (Fsp3) is 0.320. The number of nitrogens with one attached hydrogen (secondary N) is 1. The van der Waals surface area contributed by atoms with Gasteiger partial charge in [0.05, 0.1) is 34.3 Å². The van der Waals surface area contributed by atoms with Crippen LogP contribution in [0.5, 0.6) is 0 Å². The van der Waals surface area contributed by atoms with Gasteiger partial charge in [-0.15, -0.1) is 0 Å². The Morgan fingerprint density at radius 3 is 2.58 bits per heavy atom. The van der Waals surface area contributed by atoms with Crippen LogP contribution in [-0.2, 0) is 23.7 Å². The molecule has 2 fully saturated rings. The number of nitrogens with zero attached hydrogens (tertiary/aromatic N) is 4. The Morgan fingerprint density at radius 1 is 1.08 bits per heavy atom. The van der Waals surface area contributed by atoms with Gasteiger partial charge in [0.1, 0.15) is 0 Å². The lowest BCUT2D eigenvalue weighted by molar-refractivity contribution is -0.143. The Kier molecular flexibility index (Phi) is 5.83. The molecular formula is C25H19F6N5OS. The second kappa shape index (κ2) is 8.87. The summed E-state index contributed by atoms with van der Waals surface area (Å²) in [5.41, 5.74) is -1.85. The molecule has 3 aromatic rings. The Morgan fingerprint density at radius 2 is 1.89 bits per heavy atom. The summed E-state index contributed by atoms with van der Waals surface area (Å²) in [5, 5.41) is 8.87. The van der Waals surface area contributed by atoms with Crippen molar-refractivity contribution in [2.24, 2.45) is 4.99 Å². The van der Waals surface area contributed by atoms with Crippen molar-refractivity contribution in [3.63, 3.8) is 0 Å². The maximum atomic E-state index is 13.6. The van der Waals surface area contributed by atoms with Crippen LogP contribution in [0.4, 0.5) is 26.3 Å². The van der Waals surface area contributed by atoms with Crippen LogP contribution < -0.4 is 5.32 Å². The zero-order chi connectivity index (χ0) is 26.8. The van der Waals surface area contributed by atoms with Gasteiger partial charge >= 0.3 is 12.4 Å². The smallest absolute Gasteiger partial charge is 0.345 e. The van der Waals surface area contributed by atoms with Crippen LogP contribution in [0, 0.1) is 0 Å². The van der Waals surface area contributed by atoms with Crippen molar-refractivity contribution >= 4 is 39.8 Å². The van der Waals surface area contributed by atoms with Crippen LogP contribution >= 0.6 is 11.8 Å². The number of amidine groups is 1. The van der Waals surface area contributed by atoms with Crippen LogP contribution in [0.15, 0.2) is 52.5 Å². The van der Waals surface area contributed by atoms with E-state index >= 15 is 0 Å². The Bertz CT molecular complexity index is 1510. The molecule has 198 valence electrons. The number of piperazine rings is 1. The number of likely N-dealkylation sites (tertiary alicyclic amines) is 1. The molecule has 3 aliphatic heterocycles. The number of aliphatic imine (C=N–C) groups is 1. The van der Waals surface area contributed by atoms with Gasteiger partial charge in [-0.05, 0) is 59.7 Å². The zero-order valence-corrected chi connectivity index (χ0v) is 20.3. The Hall–Kier alpha value is -3.32. The molecule has 0 spiro atoms. The molecule has 2 unspecified atom stereocenters. The summed E-state index contributed by atoms with van der Waals surface area (Å²) in [6, 6.07) is 7.46. The fourth-order valence-electron chi connectivity index (χ4n) is 5.10. The fourth-order valence-corrected chi connectivity index (χ4v) is 6.10. The van der Waals surface area contributed by atoms with Crippen LogP contribution in [0.3, 0.4) is 0 Å². The van der Waals surface area contributed by atoms with Gasteiger partial charge in [-0.1, -0.05) is 12.1 Å². The molecule has 2 saturated heterocycles. The maximum Gasteiger partial charge on any atom is 0.416 e. The number of carbonyl (C=O) groups excluding carboxylic acids is 1. The van der Waals surface area contributed by atoms with Crippen molar-refractivity contribution in [2.75, 3.05) is 13.1 Å². The Balaban J connectivity index is 1.24. The summed E-state index contributed by atoms with van der Waals surface area (Å²) >= 11 is 1.32. The monoisotopic (exact) mass is 551 g/mol. The molecule has 2 bridgehead atoms. The summed E-state index contributed by atoms with van der Waals surface area (Å²) < 4.78 is 81.0. The van der Waals surface area contributed by atoms with Crippen molar-refractivity contribution in [2.45, 2.75) is 37.4 Å². The van der Waals surface area contributed by atoms with Gasteiger partial charge in [-0.2, -0.15) is 36.4 Å². The van der Waals surface area contributed by atoms with Gasteiger partial charge in [-0.25, -0.2) is 0 Å². The van der Waals surface area contributed by atoms with E-state index < -0.39 is 23.5 Å². The molecule has 38 heavy (non-hydrogen) atoms. The first kappa shape index (κ1) is 25.0. The maximum absolute atomic E-state index is 13.6. The molecule has 1 aromatic heterocycles. The van der Waals surface area contributed by atoms with E-state index in [9.17, 15) is 31.1 Å². The minimum Gasteiger partial charge on any atom is -0.345 e. The Labute approximate surface area is 216 Å². The lowest BCUT2D eigenvalue weighted by Gasteiger charge is -2.28. The molecular weight excluding hydrogens is 532 g/mol. The molecule has 4 heterocycles. The summed E-state index contributed by atoms with van der Waals surface area (Å²) in [6.45, 7) is 1.32. The molecule has 1 N–H and O–H groups in total. The highest BCUT2D eigenvalue weighted by Gasteiger charge is 2.41. The molecule has 3 aliphatic rings. The second-order valence-corrected chi connectivity index (χ2v) is 10.5. The number of thioether (sulfide) groups is 1. The SMILES string of the molecule is O=C1N=C(N2CC3CC2CN3)SC1=Cc1ccc2c(cnn2Cc2ccc(C(F)(F)F)cc2C(F)(F)F)c1. The standard InChI is InChI=1S/C25H19F6N5OS/c26-24(27,28)16-3-2-14(19(7-16)25(29,30)31)11-36-20-4-1-13(5-15(20)9-33-36)6-21-22(37)34-23(38-21)35-12-17-8-18(35)10-32-17/h1-7,9,17-18,32H,8,10-12H2. The van der Waals surface area contributed by atoms with Crippen molar-refractivity contribution in [3.8, 4) is 0 Å². The van der Waals surface area contributed by atoms with E-state index in [4.69, 9.17) is 0 Å². The largest absolute Gasteiger partial charge is 0.416 e. The predicted molar refractivity (Wildman–Crippen MR) is 130 cm³/mol. The molecule has 2 atom stereocenters. The molecule has 6 nitrogen and oxygen atoms in total. The van der Waals surface area contributed by atoms with E-state index in [1.807, 2.05) is 0 Å². The molecule has 0 radical (unpaired) electrons. The molecule has 2 aromatic carbocycles. The van der Waals surface area contributed by atoms with Crippen LogP contribution in [0.1, 0.15) is 28.7 Å². The number of hydrogen-bond acceptors (Lipinski definition) is 5. The van der Waals surface area contributed by atoms with Crippen molar-refractivity contribution in [3.05, 3.63) is 69.8 Å². The quantitative estimate of drug-likeness (QED) is 0.361. The first-order chi connectivity index (χ1) is 18.0. The van der Waals surface area contributed by atoms with Crippen molar-refractivity contribution < 1.29 is 31.1 Å². The van der Waals surface area contributed by atoms with Gasteiger partial charge in [0.2, 0.25) is 0 Å². The van der Waals surface area contributed by atoms with E-state index in [1.165, 1.54) is 22.6 Å². The first-order valence-electron chi connectivity index (χ1n) is 11.7. The summed E-state index contributed by atoms with van der Waals surface area (Å²) in [6.07, 6.45) is -5.64. The third-order valence-corrected chi connectivity index (χ3v) is 7.96. The number of amides is 1. The average Bonchev–Trinajstić information content (AvgIpc) is 3.63. The highest BCUT2D eigenvalue weighted by Crippen LogP contribution is 2.38. The van der Waals surface area contributed by atoms with E-state index in [0.29, 0.717) is 44.7 Å². The van der Waals surface area contributed by atoms with E-state index in [-0.39, 0.29) is 24.1 Å². The second-order valence-electron chi connectivity index (χ2n) is 9.45. The topological polar surface area (TPSA) is 62.5 Å². The van der Waals surface area contributed by atoms with Crippen molar-refractivity contribution in [1.82, 2.24) is 20.0 Å². The third-order valence-electron chi connectivity index (χ3n) is 6.94. The molecule has 0 saturated carbocycles. The van der Waals surface area contributed by atoms with E-state index in [2.05, 4.69) is 20.3 Å². The van der Waals surface area contributed by atoms with Gasteiger partial charge in [-0.3, -0.25) is 9.48 Å². The minimum atomic E-state index is -4.96. The summed E-state index contributed by atoms with van der Waals surface area (Å²) in [4.78, 5) is 19.4. The lowest BCUT2D eigenvalue weighted by Crippen LogP contribution is -2.45. The number of rotatable bonds is 3. The van der Waals surface area contributed by atoms with E-state index in [1.54, 1.807) is 24.3 Å². The number of aromatic nitrogens is 2. The van der Waals surface area contributed by atoms with Crippen LogP contribution in [0.2, 0.25) is 0 Å². The summed E-state index contributed by atoms with van der Waals surface area (Å²) in [7, 11) is 0. The predicted octanol–water partition coefficient (Wildman–Crippen LogP) is 5.14. The molecule has 6 rings (SSSR count). The van der Waals surface area contributed by atoms with Gasteiger partial charge in [0.15, 0.2) is 5.17 Å². The first-order valence-corrected chi connectivity index (χ1v) is 12.5. The number of halogens is 6. The van der Waals surface area contributed by atoms with Crippen LogP contribution in [-0.4, -0.2) is 50.9 Å². The number of hydrogen-bond donors (Lipinski definition) is 1. The van der Waals surface area contributed by atoms with Crippen LogP contribution in [0.25, 0.3) is 17.0 Å². The number of fused-ring (bicyclic) bond motifs is 3. The minimum absolute atomic E-state index is 0.127. The highest BCUT2D eigenvalue weighted by molar-refractivity contribution is 8.18. The van der Waals surface area contributed by atoms with E-state index in [0.717, 1.165) is 25.6 Å². The zero-order valence-electron chi connectivity index (χ0n) is 19.5. The molecule has 0 aliphatic carbocycles. The summed E-state index contributed by atoms with van der Waals surface area (Å²) in [5.74, 6) is -0.321. The van der Waals surface area contributed by atoms with Gasteiger partial charge in [0.25, 0.3) is 5.91 Å².